The average molecular weight is 238 g/mol. The molecule has 0 bridgehead atoms. The van der Waals surface area contributed by atoms with Gasteiger partial charge in [-0.05, 0) is 23.9 Å². The van der Waals surface area contributed by atoms with E-state index in [0.717, 1.165) is 22.2 Å². The molecule has 0 radical (unpaired) electrons. The number of carbonyl (C=O) groups is 2. The van der Waals surface area contributed by atoms with E-state index in [9.17, 15) is 9.59 Å². The zero-order chi connectivity index (χ0) is 11.5. The van der Waals surface area contributed by atoms with Gasteiger partial charge in [0.15, 0.2) is 0 Å². The molecule has 1 saturated heterocycles. The van der Waals surface area contributed by atoms with Crippen LogP contribution >= 0.6 is 11.8 Å². The maximum Gasteiger partial charge on any atom is 0.293 e. The van der Waals surface area contributed by atoms with Gasteiger partial charge in [-0.3, -0.25) is 14.5 Å². The molecule has 0 spiro atoms. The number of thioether (sulfide) groups is 1. The maximum atomic E-state index is 11.8. The molecule has 1 fully saturated rings. The van der Waals surface area contributed by atoms with Crippen LogP contribution < -0.4 is 5.73 Å². The lowest BCUT2D eigenvalue weighted by molar-refractivity contribution is -0.122. The summed E-state index contributed by atoms with van der Waals surface area (Å²) in [7, 11) is 0. The van der Waals surface area contributed by atoms with Gasteiger partial charge in [0, 0.05) is 18.7 Å². The first kappa shape index (κ1) is 11.0. The van der Waals surface area contributed by atoms with Crippen LogP contribution in [0.1, 0.15) is 5.56 Å². The van der Waals surface area contributed by atoms with Crippen molar-refractivity contribution in [2.45, 2.75) is 0 Å². The van der Waals surface area contributed by atoms with Gasteiger partial charge >= 0.3 is 0 Å². The topological polar surface area (TPSA) is 76.5 Å². The molecule has 84 valence electrons. The van der Waals surface area contributed by atoms with Crippen molar-refractivity contribution in [1.29, 1.82) is 0 Å². The second-order valence-corrected chi connectivity index (χ2v) is 4.17. The fourth-order valence-corrected chi connectivity index (χ4v) is 2.20. The molecule has 0 aliphatic carbocycles. The van der Waals surface area contributed by atoms with E-state index in [2.05, 4.69) is 0 Å². The van der Waals surface area contributed by atoms with Crippen LogP contribution in [-0.2, 0) is 4.79 Å². The predicted octanol–water partition coefficient (Wildman–Crippen LogP) is 1.27. The Morgan fingerprint density at radius 3 is 2.94 bits per heavy atom. The summed E-state index contributed by atoms with van der Waals surface area (Å²) in [4.78, 5) is 24.8. The van der Waals surface area contributed by atoms with Gasteiger partial charge in [0.1, 0.15) is 0 Å². The number of hydrogen-bond acceptors (Lipinski definition) is 5. The van der Waals surface area contributed by atoms with Crippen molar-refractivity contribution >= 4 is 29.0 Å². The highest BCUT2D eigenvalue weighted by molar-refractivity contribution is 8.18. The van der Waals surface area contributed by atoms with E-state index in [4.69, 9.17) is 10.2 Å². The standard InChI is InChI=1S/C10H10N2O3S/c11-2-3-12-9(13)8(16-10(12)14)5-7-1-4-15-6-7/h1,4-6H,2-3,11H2. The van der Waals surface area contributed by atoms with Crippen LogP contribution in [0.15, 0.2) is 27.9 Å². The van der Waals surface area contributed by atoms with Gasteiger partial charge in [-0.2, -0.15) is 0 Å². The molecule has 2 rings (SSSR count). The Morgan fingerprint density at radius 1 is 1.50 bits per heavy atom. The third-order valence-corrected chi connectivity index (χ3v) is 2.97. The molecule has 1 aliphatic heterocycles. The van der Waals surface area contributed by atoms with Crippen molar-refractivity contribution in [3.8, 4) is 0 Å². The molecule has 6 heteroatoms. The molecule has 2 amide bonds. The van der Waals surface area contributed by atoms with E-state index in [1.807, 2.05) is 0 Å². The molecular formula is C10H10N2O3S. The van der Waals surface area contributed by atoms with E-state index in [-0.39, 0.29) is 24.2 Å². The number of rotatable bonds is 3. The Hall–Kier alpha value is -1.53. The quantitative estimate of drug-likeness (QED) is 0.802. The number of nitrogens with zero attached hydrogens (tertiary/aromatic N) is 1. The van der Waals surface area contributed by atoms with Crippen LogP contribution in [0, 0.1) is 0 Å². The van der Waals surface area contributed by atoms with Gasteiger partial charge in [-0.1, -0.05) is 0 Å². The third kappa shape index (κ3) is 2.02. The lowest BCUT2D eigenvalue weighted by Gasteiger charge is -2.09. The first-order chi connectivity index (χ1) is 7.72. The molecule has 1 aromatic heterocycles. The third-order valence-electron chi connectivity index (χ3n) is 2.07. The summed E-state index contributed by atoms with van der Waals surface area (Å²) >= 11 is 0.921. The van der Waals surface area contributed by atoms with Gasteiger partial charge < -0.3 is 10.2 Å². The van der Waals surface area contributed by atoms with Crippen LogP contribution in [0.25, 0.3) is 6.08 Å². The summed E-state index contributed by atoms with van der Waals surface area (Å²) in [6.45, 7) is 0.532. The molecule has 2 N–H and O–H groups in total. The van der Waals surface area contributed by atoms with E-state index in [1.165, 1.54) is 12.5 Å². The van der Waals surface area contributed by atoms with Crippen molar-refractivity contribution in [3.63, 3.8) is 0 Å². The Labute approximate surface area is 96.3 Å². The Bertz CT molecular complexity index is 439. The second kappa shape index (κ2) is 4.54. The molecule has 5 nitrogen and oxygen atoms in total. The molecule has 0 unspecified atom stereocenters. The maximum absolute atomic E-state index is 11.8. The van der Waals surface area contributed by atoms with E-state index in [0.29, 0.717) is 4.91 Å². The molecule has 0 saturated carbocycles. The molecular weight excluding hydrogens is 228 g/mol. The van der Waals surface area contributed by atoms with Gasteiger partial charge in [-0.15, -0.1) is 0 Å². The zero-order valence-electron chi connectivity index (χ0n) is 8.38. The van der Waals surface area contributed by atoms with Gasteiger partial charge in [-0.25, -0.2) is 0 Å². The number of nitrogens with two attached hydrogens (primary N) is 1. The van der Waals surface area contributed by atoms with E-state index in [1.54, 1.807) is 12.1 Å². The highest BCUT2D eigenvalue weighted by Crippen LogP contribution is 2.31. The monoisotopic (exact) mass is 238 g/mol. The predicted molar refractivity (Wildman–Crippen MR) is 60.4 cm³/mol. The molecule has 0 atom stereocenters. The second-order valence-electron chi connectivity index (χ2n) is 3.18. The minimum absolute atomic E-state index is 0.257. The Kier molecular flexibility index (Phi) is 3.12. The van der Waals surface area contributed by atoms with Crippen molar-refractivity contribution in [2.75, 3.05) is 13.1 Å². The molecule has 1 aromatic rings. The normalized spacial score (nSPS) is 18.8. The highest BCUT2D eigenvalue weighted by Gasteiger charge is 2.34. The summed E-state index contributed by atoms with van der Waals surface area (Å²) in [6.07, 6.45) is 4.65. The molecule has 2 heterocycles. The number of furan rings is 1. The number of hydrogen-bond donors (Lipinski definition) is 1. The van der Waals surface area contributed by atoms with Crippen molar-refractivity contribution in [1.82, 2.24) is 4.90 Å². The highest BCUT2D eigenvalue weighted by atomic mass is 32.2. The fraction of sp³-hybridized carbons (Fsp3) is 0.200. The zero-order valence-corrected chi connectivity index (χ0v) is 9.20. The largest absolute Gasteiger partial charge is 0.472 e. The van der Waals surface area contributed by atoms with Crippen LogP contribution in [0.4, 0.5) is 4.79 Å². The minimum atomic E-state index is -0.290. The van der Waals surface area contributed by atoms with Crippen molar-refractivity contribution in [3.05, 3.63) is 29.1 Å². The van der Waals surface area contributed by atoms with Crippen molar-refractivity contribution in [2.24, 2.45) is 5.73 Å². The van der Waals surface area contributed by atoms with Crippen LogP contribution in [0.2, 0.25) is 0 Å². The van der Waals surface area contributed by atoms with Crippen LogP contribution in [0.3, 0.4) is 0 Å². The molecule has 1 aliphatic rings. The summed E-state index contributed by atoms with van der Waals surface area (Å²) in [5.74, 6) is -0.290. The summed E-state index contributed by atoms with van der Waals surface area (Å²) in [5.41, 5.74) is 6.09. The molecule has 16 heavy (non-hydrogen) atoms. The Morgan fingerprint density at radius 2 is 2.31 bits per heavy atom. The van der Waals surface area contributed by atoms with Gasteiger partial charge in [0.25, 0.3) is 11.1 Å². The summed E-state index contributed by atoms with van der Waals surface area (Å²) in [5, 5.41) is -0.273. The smallest absolute Gasteiger partial charge is 0.293 e. The first-order valence-electron chi connectivity index (χ1n) is 4.70. The van der Waals surface area contributed by atoms with Crippen LogP contribution in [-0.4, -0.2) is 29.1 Å². The van der Waals surface area contributed by atoms with Crippen LogP contribution in [0.5, 0.6) is 0 Å². The van der Waals surface area contributed by atoms with E-state index < -0.39 is 0 Å². The van der Waals surface area contributed by atoms with Crippen molar-refractivity contribution < 1.29 is 14.0 Å². The van der Waals surface area contributed by atoms with Gasteiger partial charge in [0.05, 0.1) is 17.4 Å². The lowest BCUT2D eigenvalue weighted by atomic mass is 10.3. The van der Waals surface area contributed by atoms with Gasteiger partial charge in [0.2, 0.25) is 0 Å². The summed E-state index contributed by atoms with van der Waals surface area (Å²) < 4.78 is 4.88. The lowest BCUT2D eigenvalue weighted by Crippen LogP contribution is -2.33. The number of carbonyl (C=O) groups excluding carboxylic acids is 2. The fourth-order valence-electron chi connectivity index (χ4n) is 1.33. The molecule has 0 aromatic carbocycles. The SMILES string of the molecule is NCCN1C(=O)SC(=Cc2ccoc2)C1=O. The summed E-state index contributed by atoms with van der Waals surface area (Å²) in [6, 6.07) is 1.72. The van der Waals surface area contributed by atoms with E-state index >= 15 is 0 Å². The number of amides is 2. The Balaban J connectivity index is 2.20. The average Bonchev–Trinajstić information content (AvgIpc) is 2.84. The first-order valence-corrected chi connectivity index (χ1v) is 5.51. The number of imide groups is 1. The minimum Gasteiger partial charge on any atom is -0.472 e.